The Balaban J connectivity index is 2.02. The summed E-state index contributed by atoms with van der Waals surface area (Å²) in [5, 5.41) is 12.2. The molecule has 110 valence electrons. The van der Waals surface area contributed by atoms with Gasteiger partial charge in [0.1, 0.15) is 5.82 Å². The van der Waals surface area contributed by atoms with E-state index in [0.29, 0.717) is 13.1 Å². The number of amides is 2. The lowest BCUT2D eigenvalue weighted by molar-refractivity contribution is 0.0766. The Morgan fingerprint density at radius 3 is 3.00 bits per heavy atom. The van der Waals surface area contributed by atoms with E-state index >= 15 is 0 Å². The minimum Gasteiger partial charge on any atom is -0.393 e. The van der Waals surface area contributed by atoms with E-state index in [1.54, 1.807) is 24.0 Å². The third-order valence-electron chi connectivity index (χ3n) is 3.79. The SMILES string of the molecule is Cc1ccc(F)c(NC(=O)N2CCCC(C(C)O)C2)c1. The number of benzene rings is 1. The molecule has 1 saturated heterocycles. The van der Waals surface area contributed by atoms with Crippen molar-refractivity contribution in [1.29, 1.82) is 0 Å². The molecule has 0 radical (unpaired) electrons. The molecule has 0 aliphatic carbocycles. The number of piperidine rings is 1. The largest absolute Gasteiger partial charge is 0.393 e. The van der Waals surface area contributed by atoms with Gasteiger partial charge < -0.3 is 15.3 Å². The summed E-state index contributed by atoms with van der Waals surface area (Å²) in [6, 6.07) is 4.32. The van der Waals surface area contributed by atoms with Crippen molar-refractivity contribution in [1.82, 2.24) is 4.90 Å². The molecule has 20 heavy (non-hydrogen) atoms. The van der Waals surface area contributed by atoms with Gasteiger partial charge in [-0.15, -0.1) is 0 Å². The molecule has 1 heterocycles. The summed E-state index contributed by atoms with van der Waals surface area (Å²) in [4.78, 5) is 13.8. The van der Waals surface area contributed by atoms with Crippen LogP contribution in [0.1, 0.15) is 25.3 Å². The highest BCUT2D eigenvalue weighted by atomic mass is 19.1. The van der Waals surface area contributed by atoms with Crippen molar-refractivity contribution in [2.45, 2.75) is 32.8 Å². The van der Waals surface area contributed by atoms with Crippen LogP contribution in [0.5, 0.6) is 0 Å². The molecular weight excluding hydrogens is 259 g/mol. The molecule has 1 aromatic rings. The van der Waals surface area contributed by atoms with Crippen LogP contribution in [-0.2, 0) is 0 Å². The first-order valence-electron chi connectivity index (χ1n) is 6.97. The zero-order valence-corrected chi connectivity index (χ0v) is 11.9. The first-order chi connectivity index (χ1) is 9.47. The molecule has 4 nitrogen and oxygen atoms in total. The van der Waals surface area contributed by atoms with E-state index in [1.165, 1.54) is 6.07 Å². The van der Waals surface area contributed by atoms with E-state index < -0.39 is 11.9 Å². The molecule has 2 atom stereocenters. The molecule has 0 aromatic heterocycles. The maximum absolute atomic E-state index is 13.6. The topological polar surface area (TPSA) is 52.6 Å². The van der Waals surface area contributed by atoms with Crippen LogP contribution in [0.25, 0.3) is 0 Å². The number of likely N-dealkylation sites (tertiary alicyclic amines) is 1. The summed E-state index contributed by atoms with van der Waals surface area (Å²) in [6.45, 7) is 4.74. The van der Waals surface area contributed by atoms with Crippen LogP contribution < -0.4 is 5.32 Å². The lowest BCUT2D eigenvalue weighted by Gasteiger charge is -2.34. The smallest absolute Gasteiger partial charge is 0.321 e. The Morgan fingerprint density at radius 1 is 1.55 bits per heavy atom. The van der Waals surface area contributed by atoms with Gasteiger partial charge >= 0.3 is 6.03 Å². The monoisotopic (exact) mass is 280 g/mol. The Labute approximate surface area is 118 Å². The highest BCUT2D eigenvalue weighted by Crippen LogP contribution is 2.21. The maximum Gasteiger partial charge on any atom is 0.321 e. The number of rotatable bonds is 2. The number of carbonyl (C=O) groups is 1. The first kappa shape index (κ1) is 14.8. The Morgan fingerprint density at radius 2 is 2.30 bits per heavy atom. The molecule has 2 rings (SSSR count). The van der Waals surface area contributed by atoms with Crippen molar-refractivity contribution in [3.05, 3.63) is 29.6 Å². The van der Waals surface area contributed by atoms with Gasteiger partial charge in [-0.3, -0.25) is 0 Å². The fourth-order valence-corrected chi connectivity index (χ4v) is 2.52. The Kier molecular flexibility index (Phi) is 4.60. The zero-order valence-electron chi connectivity index (χ0n) is 11.9. The van der Waals surface area contributed by atoms with Crippen molar-refractivity contribution >= 4 is 11.7 Å². The molecule has 2 amide bonds. The number of hydrogen-bond acceptors (Lipinski definition) is 2. The first-order valence-corrected chi connectivity index (χ1v) is 6.97. The van der Waals surface area contributed by atoms with Gasteiger partial charge in [-0.05, 0) is 44.4 Å². The molecule has 1 fully saturated rings. The van der Waals surface area contributed by atoms with Crippen LogP contribution >= 0.6 is 0 Å². The number of hydrogen-bond donors (Lipinski definition) is 2. The molecule has 1 aliphatic rings. The molecule has 0 bridgehead atoms. The summed E-state index contributed by atoms with van der Waals surface area (Å²) < 4.78 is 13.6. The third kappa shape index (κ3) is 3.48. The summed E-state index contributed by atoms with van der Waals surface area (Å²) in [5.41, 5.74) is 1.09. The summed E-state index contributed by atoms with van der Waals surface area (Å²) in [7, 11) is 0. The third-order valence-corrected chi connectivity index (χ3v) is 3.79. The van der Waals surface area contributed by atoms with Crippen LogP contribution in [0, 0.1) is 18.7 Å². The lowest BCUT2D eigenvalue weighted by atomic mass is 9.94. The average molecular weight is 280 g/mol. The highest BCUT2D eigenvalue weighted by molar-refractivity contribution is 5.89. The molecule has 2 unspecified atom stereocenters. The average Bonchev–Trinajstić information content (AvgIpc) is 2.43. The fraction of sp³-hybridized carbons (Fsp3) is 0.533. The summed E-state index contributed by atoms with van der Waals surface area (Å²) >= 11 is 0. The van der Waals surface area contributed by atoms with Gasteiger partial charge in [0, 0.05) is 19.0 Å². The lowest BCUT2D eigenvalue weighted by Crippen LogP contribution is -2.44. The second-order valence-corrected chi connectivity index (χ2v) is 5.50. The van der Waals surface area contributed by atoms with Gasteiger partial charge in [0.15, 0.2) is 0 Å². The van der Waals surface area contributed by atoms with Gasteiger partial charge in [-0.2, -0.15) is 0 Å². The van der Waals surface area contributed by atoms with Crippen LogP contribution in [0.3, 0.4) is 0 Å². The van der Waals surface area contributed by atoms with Crippen LogP contribution in [-0.4, -0.2) is 35.2 Å². The predicted molar refractivity (Wildman–Crippen MR) is 76.1 cm³/mol. The Bertz CT molecular complexity index is 491. The number of halogens is 1. The zero-order chi connectivity index (χ0) is 14.7. The fourth-order valence-electron chi connectivity index (χ4n) is 2.52. The van der Waals surface area contributed by atoms with Gasteiger partial charge in [0.05, 0.1) is 11.8 Å². The van der Waals surface area contributed by atoms with Crippen molar-refractivity contribution in [3.8, 4) is 0 Å². The number of anilines is 1. The van der Waals surface area contributed by atoms with E-state index in [1.807, 2.05) is 6.92 Å². The molecule has 0 saturated carbocycles. The molecule has 0 spiro atoms. The molecule has 1 aliphatic heterocycles. The van der Waals surface area contributed by atoms with Crippen molar-refractivity contribution in [2.75, 3.05) is 18.4 Å². The van der Waals surface area contributed by atoms with E-state index in [9.17, 15) is 14.3 Å². The van der Waals surface area contributed by atoms with Gasteiger partial charge in [-0.1, -0.05) is 6.07 Å². The maximum atomic E-state index is 13.6. The number of aryl methyl sites for hydroxylation is 1. The second kappa shape index (κ2) is 6.22. The molecule has 2 N–H and O–H groups in total. The van der Waals surface area contributed by atoms with Crippen molar-refractivity contribution < 1.29 is 14.3 Å². The molecular formula is C15H21FN2O2. The van der Waals surface area contributed by atoms with E-state index in [0.717, 1.165) is 18.4 Å². The number of carbonyl (C=O) groups excluding carboxylic acids is 1. The Hall–Kier alpha value is -1.62. The molecule has 5 heteroatoms. The number of aliphatic hydroxyl groups excluding tert-OH is 1. The van der Waals surface area contributed by atoms with Crippen LogP contribution in [0.2, 0.25) is 0 Å². The van der Waals surface area contributed by atoms with Crippen molar-refractivity contribution in [3.63, 3.8) is 0 Å². The predicted octanol–water partition coefficient (Wildman–Crippen LogP) is 2.76. The van der Waals surface area contributed by atoms with E-state index in [4.69, 9.17) is 0 Å². The van der Waals surface area contributed by atoms with Gasteiger partial charge in [-0.25, -0.2) is 9.18 Å². The number of nitrogens with zero attached hydrogens (tertiary/aromatic N) is 1. The second-order valence-electron chi connectivity index (χ2n) is 5.50. The van der Waals surface area contributed by atoms with Gasteiger partial charge in [0.25, 0.3) is 0 Å². The number of aliphatic hydroxyl groups is 1. The number of nitrogens with one attached hydrogen (secondary N) is 1. The summed E-state index contributed by atoms with van der Waals surface area (Å²) in [6.07, 6.45) is 1.35. The van der Waals surface area contributed by atoms with Gasteiger partial charge in [0.2, 0.25) is 0 Å². The van der Waals surface area contributed by atoms with E-state index in [2.05, 4.69) is 5.32 Å². The minimum atomic E-state index is -0.437. The van der Waals surface area contributed by atoms with Crippen LogP contribution in [0.15, 0.2) is 18.2 Å². The normalized spacial score (nSPS) is 20.6. The van der Waals surface area contributed by atoms with Crippen LogP contribution in [0.4, 0.5) is 14.9 Å². The minimum absolute atomic E-state index is 0.0943. The van der Waals surface area contributed by atoms with E-state index in [-0.39, 0.29) is 17.6 Å². The van der Waals surface area contributed by atoms with Crippen molar-refractivity contribution in [2.24, 2.45) is 5.92 Å². The highest BCUT2D eigenvalue weighted by Gasteiger charge is 2.26. The summed E-state index contributed by atoms with van der Waals surface area (Å²) in [5.74, 6) is -0.343. The number of urea groups is 1. The molecule has 1 aromatic carbocycles. The quantitative estimate of drug-likeness (QED) is 0.875. The standard InChI is InChI=1S/C15H21FN2O2/c1-10-5-6-13(16)14(8-10)17-15(20)18-7-3-4-12(9-18)11(2)19/h5-6,8,11-12,19H,3-4,7,9H2,1-2H3,(H,17,20).